The fourth-order valence-electron chi connectivity index (χ4n) is 8.39. The maximum Gasteiger partial charge on any atom is 0.309 e. The average molecular weight is 461 g/mol. The summed E-state index contributed by atoms with van der Waals surface area (Å²) in [6.07, 6.45) is 5.10. The third kappa shape index (κ3) is 2.97. The summed E-state index contributed by atoms with van der Waals surface area (Å²) in [7, 11) is 0. The molecule has 1 saturated heterocycles. The third-order valence-corrected chi connectivity index (χ3v) is 10.1. The van der Waals surface area contributed by atoms with Crippen LogP contribution in [0.25, 0.3) is 0 Å². The van der Waals surface area contributed by atoms with E-state index in [1.54, 1.807) is 6.08 Å². The van der Waals surface area contributed by atoms with E-state index in [1.807, 2.05) is 13.8 Å². The maximum atomic E-state index is 13.4. The van der Waals surface area contributed by atoms with Crippen molar-refractivity contribution in [3.63, 3.8) is 0 Å². The van der Waals surface area contributed by atoms with Crippen LogP contribution >= 0.6 is 0 Å². The number of ketones is 1. The molecule has 1 heterocycles. The normalized spacial score (nSPS) is 47.7. The van der Waals surface area contributed by atoms with Crippen LogP contribution in [0.3, 0.4) is 0 Å². The van der Waals surface area contributed by atoms with Gasteiger partial charge in [-0.2, -0.15) is 0 Å². The first-order chi connectivity index (χ1) is 15.4. The number of carbonyl (C=O) groups is 3. The fourth-order valence-corrected chi connectivity index (χ4v) is 8.39. The molecule has 0 bridgehead atoms. The van der Waals surface area contributed by atoms with Crippen LogP contribution in [-0.4, -0.2) is 51.3 Å². The smallest absolute Gasteiger partial charge is 0.309 e. The van der Waals surface area contributed by atoms with Gasteiger partial charge in [0.25, 0.3) is 0 Å². The van der Waals surface area contributed by atoms with Crippen molar-refractivity contribution in [3.05, 3.63) is 11.6 Å². The van der Waals surface area contributed by atoms with E-state index in [-0.39, 0.29) is 54.1 Å². The number of carbonyl (C=O) groups excluding carboxylic acids is 2. The van der Waals surface area contributed by atoms with E-state index in [9.17, 15) is 24.6 Å². The van der Waals surface area contributed by atoms with E-state index in [0.29, 0.717) is 32.1 Å². The molecule has 4 fully saturated rings. The minimum Gasteiger partial charge on any atom is -0.481 e. The van der Waals surface area contributed by atoms with Crippen LogP contribution in [0.4, 0.5) is 0 Å². The zero-order valence-electron chi connectivity index (χ0n) is 20.1. The van der Waals surface area contributed by atoms with Crippen LogP contribution in [0.15, 0.2) is 11.6 Å². The van der Waals surface area contributed by atoms with E-state index in [4.69, 9.17) is 9.47 Å². The summed E-state index contributed by atoms with van der Waals surface area (Å²) in [6.45, 7) is 7.94. The molecule has 0 aromatic rings. The lowest BCUT2D eigenvalue weighted by Gasteiger charge is -2.58. The van der Waals surface area contributed by atoms with Gasteiger partial charge in [0.1, 0.15) is 5.60 Å². The summed E-state index contributed by atoms with van der Waals surface area (Å²) in [5, 5.41) is 21.0. The zero-order valence-corrected chi connectivity index (χ0v) is 20.1. The van der Waals surface area contributed by atoms with Gasteiger partial charge in [0.05, 0.1) is 23.7 Å². The number of epoxide rings is 1. The maximum absolute atomic E-state index is 13.4. The van der Waals surface area contributed by atoms with Gasteiger partial charge in [0.2, 0.25) is 0 Å². The van der Waals surface area contributed by atoms with Gasteiger partial charge in [0.15, 0.2) is 5.78 Å². The molecule has 0 aromatic carbocycles. The van der Waals surface area contributed by atoms with Gasteiger partial charge in [-0.25, -0.2) is 0 Å². The quantitative estimate of drug-likeness (QED) is 0.477. The van der Waals surface area contributed by atoms with E-state index in [1.165, 1.54) is 0 Å². The second-order valence-corrected chi connectivity index (χ2v) is 11.9. The van der Waals surface area contributed by atoms with Gasteiger partial charge >= 0.3 is 11.9 Å². The fraction of sp³-hybridized carbons (Fsp3) is 0.808. The highest BCUT2D eigenvalue weighted by Gasteiger charge is 2.82. The topological polar surface area (TPSA) is 113 Å². The van der Waals surface area contributed by atoms with Crippen LogP contribution in [0.2, 0.25) is 0 Å². The Morgan fingerprint density at radius 2 is 2.00 bits per heavy atom. The first-order valence-corrected chi connectivity index (χ1v) is 12.4. The number of rotatable bonds is 5. The van der Waals surface area contributed by atoms with Crippen molar-refractivity contribution in [2.45, 2.75) is 102 Å². The molecule has 182 valence electrons. The Hall–Kier alpha value is -1.73. The molecular weight excluding hydrogens is 424 g/mol. The molecule has 3 unspecified atom stereocenters. The Kier molecular flexibility index (Phi) is 4.98. The van der Waals surface area contributed by atoms with Crippen molar-refractivity contribution in [1.29, 1.82) is 0 Å². The highest BCUT2D eigenvalue weighted by Crippen LogP contribution is 2.77. The van der Waals surface area contributed by atoms with Crippen molar-refractivity contribution in [2.24, 2.45) is 28.6 Å². The summed E-state index contributed by atoms with van der Waals surface area (Å²) in [5.41, 5.74) is -1.46. The molecule has 0 aromatic heterocycles. The third-order valence-electron chi connectivity index (χ3n) is 10.1. The summed E-state index contributed by atoms with van der Waals surface area (Å²) < 4.78 is 12.3. The molecule has 0 radical (unpaired) electrons. The molecule has 7 nitrogen and oxygen atoms in total. The van der Waals surface area contributed by atoms with Gasteiger partial charge < -0.3 is 19.7 Å². The Bertz CT molecular complexity index is 939. The number of ether oxygens (including phenoxy) is 2. The summed E-state index contributed by atoms with van der Waals surface area (Å²) >= 11 is 0. The van der Waals surface area contributed by atoms with Gasteiger partial charge in [-0.3, -0.25) is 14.4 Å². The molecule has 8 atom stereocenters. The first kappa shape index (κ1) is 23.0. The molecule has 5 aliphatic rings. The summed E-state index contributed by atoms with van der Waals surface area (Å²) in [4.78, 5) is 37.0. The zero-order chi connectivity index (χ0) is 24.0. The van der Waals surface area contributed by atoms with Crippen molar-refractivity contribution in [3.8, 4) is 0 Å². The predicted octanol–water partition coefficient (Wildman–Crippen LogP) is 3.42. The Balaban J connectivity index is 1.58. The number of esters is 1. The van der Waals surface area contributed by atoms with Crippen LogP contribution in [0.5, 0.6) is 0 Å². The summed E-state index contributed by atoms with van der Waals surface area (Å²) in [5.74, 6) is -1.59. The Labute approximate surface area is 194 Å². The molecular formula is C26H36O7. The highest BCUT2D eigenvalue weighted by atomic mass is 16.6. The van der Waals surface area contributed by atoms with E-state index >= 15 is 0 Å². The molecule has 33 heavy (non-hydrogen) atoms. The second kappa shape index (κ2) is 7.14. The van der Waals surface area contributed by atoms with Crippen molar-refractivity contribution < 1.29 is 34.1 Å². The molecule has 5 rings (SSSR count). The van der Waals surface area contributed by atoms with Gasteiger partial charge in [-0.15, -0.1) is 0 Å². The number of hydrogen-bond donors (Lipinski definition) is 2. The predicted molar refractivity (Wildman–Crippen MR) is 118 cm³/mol. The van der Waals surface area contributed by atoms with Crippen LogP contribution < -0.4 is 0 Å². The highest BCUT2D eigenvalue weighted by molar-refractivity contribution is 5.92. The SMILES string of the molecule is CC(C)OC(=O)[C@@H]1CC2=CC(=O)CC[C@]2(C)C23O[C@H]2C[C@@]2(C)C(CC[C@]2(O)CCC(=O)O)C13. The van der Waals surface area contributed by atoms with E-state index < -0.39 is 28.5 Å². The lowest BCUT2D eigenvalue weighted by Crippen LogP contribution is -2.63. The largest absolute Gasteiger partial charge is 0.481 e. The standard InChI is InChI=1S/C26H36O7/c1-14(2)32-22(30)17-12-15-11-16(27)5-8-23(15,3)26-19(33-26)13-24(4)18(21(17)26)6-9-25(24,31)10-7-20(28)29/h11,14,17-19,21,31H,5-10,12-13H2,1-4H3,(H,28,29)/t17-,18?,19+,21?,23+,24+,25+,26?/m1/s1. The van der Waals surface area contributed by atoms with Gasteiger partial charge in [-0.1, -0.05) is 19.4 Å². The number of fused-ring (bicyclic) bond motifs is 3. The molecule has 1 spiro atoms. The van der Waals surface area contributed by atoms with Crippen molar-refractivity contribution in [2.75, 3.05) is 0 Å². The van der Waals surface area contributed by atoms with E-state index in [0.717, 1.165) is 12.0 Å². The number of aliphatic carboxylic acids is 1. The van der Waals surface area contributed by atoms with Crippen molar-refractivity contribution in [1.82, 2.24) is 0 Å². The van der Waals surface area contributed by atoms with Crippen LogP contribution in [-0.2, 0) is 23.9 Å². The Morgan fingerprint density at radius 1 is 1.27 bits per heavy atom. The van der Waals surface area contributed by atoms with Gasteiger partial charge in [0, 0.05) is 29.6 Å². The number of aliphatic hydroxyl groups is 1. The second-order valence-electron chi connectivity index (χ2n) is 11.9. The van der Waals surface area contributed by atoms with E-state index in [2.05, 4.69) is 13.8 Å². The average Bonchev–Trinajstić information content (AvgIpc) is 3.38. The number of carboxylic acid groups (broad SMARTS) is 1. The van der Waals surface area contributed by atoms with Crippen LogP contribution in [0, 0.1) is 28.6 Å². The molecule has 4 aliphatic carbocycles. The monoisotopic (exact) mass is 460 g/mol. The lowest BCUT2D eigenvalue weighted by molar-refractivity contribution is -0.169. The van der Waals surface area contributed by atoms with Crippen LogP contribution in [0.1, 0.15) is 79.1 Å². The Morgan fingerprint density at radius 3 is 2.67 bits per heavy atom. The molecule has 2 N–H and O–H groups in total. The van der Waals surface area contributed by atoms with Crippen molar-refractivity contribution >= 4 is 17.7 Å². The number of carboxylic acids is 1. The molecule has 0 amide bonds. The summed E-state index contributed by atoms with van der Waals surface area (Å²) in [6, 6.07) is 0. The molecule has 7 heteroatoms. The number of hydrogen-bond acceptors (Lipinski definition) is 6. The lowest BCUT2D eigenvalue weighted by atomic mass is 9.43. The molecule has 3 saturated carbocycles. The molecule has 1 aliphatic heterocycles. The minimum absolute atomic E-state index is 0.0239. The van der Waals surface area contributed by atoms with Gasteiger partial charge in [-0.05, 0) is 64.4 Å². The first-order valence-electron chi connectivity index (χ1n) is 12.4. The minimum atomic E-state index is -1.10.